The Hall–Kier alpha value is -1.92. The molecule has 2 unspecified atom stereocenters. The summed E-state index contributed by atoms with van der Waals surface area (Å²) in [4.78, 5) is 18.5. The van der Waals surface area contributed by atoms with E-state index in [1.807, 2.05) is 6.07 Å². The van der Waals surface area contributed by atoms with Crippen LogP contribution in [0.5, 0.6) is 0 Å². The molecule has 24 heavy (non-hydrogen) atoms. The fraction of sp³-hybridized carbons (Fsp3) is 0.556. The molecule has 2 aliphatic rings. The van der Waals surface area contributed by atoms with Crippen LogP contribution in [-0.4, -0.2) is 51.3 Å². The van der Waals surface area contributed by atoms with Crippen LogP contribution in [0, 0.1) is 5.92 Å². The van der Waals surface area contributed by atoms with Gasteiger partial charge in [-0.05, 0) is 43.5 Å². The second-order valence-corrected chi connectivity index (χ2v) is 7.06. The summed E-state index contributed by atoms with van der Waals surface area (Å²) >= 11 is 0. The van der Waals surface area contributed by atoms with Gasteiger partial charge in [0.05, 0.1) is 35.8 Å². The molecule has 1 N–H and O–H groups in total. The van der Waals surface area contributed by atoms with Crippen LogP contribution in [0.3, 0.4) is 0 Å². The third-order valence-electron chi connectivity index (χ3n) is 5.13. The van der Waals surface area contributed by atoms with Crippen LogP contribution < -0.4 is 0 Å². The molecule has 2 fully saturated rings. The van der Waals surface area contributed by atoms with Crippen LogP contribution >= 0.6 is 0 Å². The van der Waals surface area contributed by atoms with Crippen LogP contribution in [0.2, 0.25) is 0 Å². The third kappa shape index (κ3) is 2.91. The highest BCUT2D eigenvalue weighted by Crippen LogP contribution is 2.24. The fourth-order valence-electron chi connectivity index (χ4n) is 3.63. The minimum atomic E-state index is -0.903. The average molecular weight is 329 g/mol. The van der Waals surface area contributed by atoms with Gasteiger partial charge in [0.15, 0.2) is 0 Å². The molecule has 2 saturated heterocycles. The van der Waals surface area contributed by atoms with Crippen molar-refractivity contribution in [3.8, 4) is 0 Å². The maximum Gasteiger partial charge on any atom is 0.335 e. The van der Waals surface area contributed by atoms with Crippen molar-refractivity contribution in [2.45, 2.75) is 39.0 Å². The number of imidazole rings is 1. The predicted octanol–water partition coefficient (Wildman–Crippen LogP) is 2.37. The molecule has 0 spiro atoms. The number of carboxylic acids is 1. The van der Waals surface area contributed by atoms with E-state index in [4.69, 9.17) is 9.72 Å². The van der Waals surface area contributed by atoms with Crippen LogP contribution in [-0.2, 0) is 17.8 Å². The first-order valence-corrected chi connectivity index (χ1v) is 8.66. The minimum Gasteiger partial charge on any atom is -0.478 e. The number of hydrogen-bond acceptors (Lipinski definition) is 4. The summed E-state index contributed by atoms with van der Waals surface area (Å²) in [6.07, 6.45) is 2.50. The quantitative estimate of drug-likeness (QED) is 0.912. The lowest BCUT2D eigenvalue weighted by atomic mass is 10.1. The lowest BCUT2D eigenvalue weighted by Crippen LogP contribution is -2.32. The Morgan fingerprint density at radius 1 is 1.42 bits per heavy atom. The maximum atomic E-state index is 11.3. The van der Waals surface area contributed by atoms with Gasteiger partial charge in [-0.25, -0.2) is 9.78 Å². The number of aromatic carboxylic acids is 1. The van der Waals surface area contributed by atoms with Crippen molar-refractivity contribution < 1.29 is 14.6 Å². The van der Waals surface area contributed by atoms with Crippen molar-refractivity contribution in [3.63, 3.8) is 0 Å². The fourth-order valence-corrected chi connectivity index (χ4v) is 3.63. The highest BCUT2D eigenvalue weighted by molar-refractivity contribution is 5.92. The molecule has 2 atom stereocenters. The number of rotatable bonds is 5. The molecule has 6 nitrogen and oxygen atoms in total. The smallest absolute Gasteiger partial charge is 0.335 e. The Morgan fingerprint density at radius 2 is 2.25 bits per heavy atom. The summed E-state index contributed by atoms with van der Waals surface area (Å²) in [7, 11) is 0. The number of carbonyl (C=O) groups is 1. The Balaban J connectivity index is 1.70. The molecule has 1 aromatic heterocycles. The first kappa shape index (κ1) is 15.6. The van der Waals surface area contributed by atoms with Gasteiger partial charge in [-0.3, -0.25) is 4.90 Å². The summed E-state index contributed by atoms with van der Waals surface area (Å²) in [5.41, 5.74) is 2.06. The number of nitrogens with zero attached hydrogens (tertiary/aromatic N) is 3. The summed E-state index contributed by atoms with van der Waals surface area (Å²) in [5.74, 6) is 0.841. The van der Waals surface area contributed by atoms with Crippen LogP contribution in [0.15, 0.2) is 18.2 Å². The van der Waals surface area contributed by atoms with E-state index in [0.29, 0.717) is 5.56 Å². The van der Waals surface area contributed by atoms with Crippen molar-refractivity contribution in [2.75, 3.05) is 19.7 Å². The van der Waals surface area contributed by atoms with E-state index in [0.717, 1.165) is 62.0 Å². The molecule has 0 aliphatic carbocycles. The highest BCUT2D eigenvalue weighted by atomic mass is 16.5. The first-order valence-electron chi connectivity index (χ1n) is 8.66. The maximum absolute atomic E-state index is 11.3. The number of ether oxygens (including phenoxy) is 1. The summed E-state index contributed by atoms with van der Waals surface area (Å²) in [6, 6.07) is 5.18. The largest absolute Gasteiger partial charge is 0.478 e. The van der Waals surface area contributed by atoms with Gasteiger partial charge in [-0.2, -0.15) is 0 Å². The molecule has 6 heteroatoms. The van der Waals surface area contributed by atoms with Crippen molar-refractivity contribution in [1.29, 1.82) is 0 Å². The number of benzene rings is 1. The van der Waals surface area contributed by atoms with Gasteiger partial charge in [0.1, 0.15) is 5.82 Å². The van der Waals surface area contributed by atoms with Crippen molar-refractivity contribution in [1.82, 2.24) is 14.5 Å². The Bertz CT molecular complexity index is 766. The SMILES string of the molecule is CC1CCN(Cc2nc3ccc(C(=O)O)cc3n2CC2CCO2)C1. The van der Waals surface area contributed by atoms with Crippen molar-refractivity contribution in [2.24, 2.45) is 5.92 Å². The molecule has 1 aromatic carbocycles. The normalized spacial score (nSPS) is 24.4. The second-order valence-electron chi connectivity index (χ2n) is 7.06. The van der Waals surface area contributed by atoms with Gasteiger partial charge >= 0.3 is 5.97 Å². The standard InChI is InChI=1S/C18H23N3O3/c1-12-4-6-20(9-12)11-17-19-15-3-2-13(18(22)23)8-16(15)21(17)10-14-5-7-24-14/h2-3,8,12,14H,4-7,9-11H2,1H3,(H,22,23). The first-order chi connectivity index (χ1) is 11.6. The molecule has 0 bridgehead atoms. The Kier molecular flexibility index (Phi) is 4.02. The van der Waals surface area contributed by atoms with E-state index in [2.05, 4.69) is 16.4 Å². The zero-order valence-corrected chi connectivity index (χ0v) is 13.9. The van der Waals surface area contributed by atoms with E-state index < -0.39 is 5.97 Å². The lowest BCUT2D eigenvalue weighted by Gasteiger charge is -2.28. The molecular weight excluding hydrogens is 306 g/mol. The van der Waals surface area contributed by atoms with E-state index in [-0.39, 0.29) is 6.10 Å². The highest BCUT2D eigenvalue weighted by Gasteiger charge is 2.25. The van der Waals surface area contributed by atoms with E-state index in [9.17, 15) is 9.90 Å². The van der Waals surface area contributed by atoms with Crippen LogP contribution in [0.1, 0.15) is 35.9 Å². The zero-order chi connectivity index (χ0) is 16.7. The van der Waals surface area contributed by atoms with Gasteiger partial charge in [0.25, 0.3) is 0 Å². The number of likely N-dealkylation sites (tertiary alicyclic amines) is 1. The van der Waals surface area contributed by atoms with Gasteiger partial charge in [-0.15, -0.1) is 0 Å². The van der Waals surface area contributed by atoms with Gasteiger partial charge in [-0.1, -0.05) is 6.92 Å². The minimum absolute atomic E-state index is 0.215. The van der Waals surface area contributed by atoms with Gasteiger partial charge < -0.3 is 14.4 Å². The summed E-state index contributed by atoms with van der Waals surface area (Å²) in [5, 5.41) is 9.28. The van der Waals surface area contributed by atoms with E-state index in [1.165, 1.54) is 6.42 Å². The number of fused-ring (bicyclic) bond motifs is 1. The molecule has 3 heterocycles. The topological polar surface area (TPSA) is 67.6 Å². The average Bonchev–Trinajstić information content (AvgIpc) is 3.06. The number of carboxylic acid groups (broad SMARTS) is 1. The molecule has 2 aromatic rings. The Morgan fingerprint density at radius 3 is 2.88 bits per heavy atom. The summed E-state index contributed by atoms with van der Waals surface area (Å²) in [6.45, 7) is 6.86. The molecule has 4 rings (SSSR count). The van der Waals surface area contributed by atoms with Crippen molar-refractivity contribution >= 4 is 17.0 Å². The number of hydrogen-bond donors (Lipinski definition) is 1. The zero-order valence-electron chi connectivity index (χ0n) is 13.9. The number of aromatic nitrogens is 2. The van der Waals surface area contributed by atoms with Crippen molar-refractivity contribution in [3.05, 3.63) is 29.6 Å². The molecule has 128 valence electrons. The molecular formula is C18H23N3O3. The molecule has 0 amide bonds. The van der Waals surface area contributed by atoms with Gasteiger partial charge in [0.2, 0.25) is 0 Å². The van der Waals surface area contributed by atoms with Gasteiger partial charge in [0, 0.05) is 13.2 Å². The molecule has 0 radical (unpaired) electrons. The Labute approximate surface area is 141 Å². The third-order valence-corrected chi connectivity index (χ3v) is 5.13. The summed E-state index contributed by atoms with van der Waals surface area (Å²) < 4.78 is 7.76. The second kappa shape index (κ2) is 6.18. The van der Waals surface area contributed by atoms with E-state index in [1.54, 1.807) is 12.1 Å². The monoisotopic (exact) mass is 329 g/mol. The molecule has 2 aliphatic heterocycles. The molecule has 0 saturated carbocycles. The lowest BCUT2D eigenvalue weighted by molar-refractivity contribution is -0.0591. The van der Waals surface area contributed by atoms with Crippen LogP contribution in [0.25, 0.3) is 11.0 Å². The predicted molar refractivity (Wildman–Crippen MR) is 90.1 cm³/mol. The van der Waals surface area contributed by atoms with Crippen LogP contribution in [0.4, 0.5) is 0 Å². The van der Waals surface area contributed by atoms with E-state index >= 15 is 0 Å².